The second kappa shape index (κ2) is 6.41. The van der Waals surface area contributed by atoms with Gasteiger partial charge in [-0.05, 0) is 12.1 Å². The molecule has 110 valence electrons. The van der Waals surface area contributed by atoms with Crippen molar-refractivity contribution in [2.45, 2.75) is 20.8 Å². The van der Waals surface area contributed by atoms with E-state index in [2.05, 4.69) is 0 Å². The fourth-order valence-electron chi connectivity index (χ4n) is 1.47. The molecule has 0 heterocycles. The van der Waals surface area contributed by atoms with Crippen LogP contribution in [0.5, 0.6) is 11.5 Å². The summed E-state index contributed by atoms with van der Waals surface area (Å²) in [6.45, 7) is 5.06. The van der Waals surface area contributed by atoms with Gasteiger partial charge >= 0.3 is 5.97 Å². The van der Waals surface area contributed by atoms with Gasteiger partial charge in [-0.25, -0.2) is 4.79 Å². The molecule has 0 fully saturated rings. The predicted octanol–water partition coefficient (Wildman–Crippen LogP) is 2.48. The zero-order chi connectivity index (χ0) is 15.3. The van der Waals surface area contributed by atoms with E-state index in [0.717, 1.165) is 0 Å². The van der Waals surface area contributed by atoms with Crippen LogP contribution < -0.4 is 9.47 Å². The quantitative estimate of drug-likeness (QED) is 0.775. The van der Waals surface area contributed by atoms with Crippen LogP contribution in [-0.4, -0.2) is 32.6 Å². The largest absolute Gasteiger partial charge is 0.493 e. The van der Waals surface area contributed by atoms with Crippen LogP contribution in [0.2, 0.25) is 0 Å². The first-order valence-corrected chi connectivity index (χ1v) is 6.22. The first-order valence-electron chi connectivity index (χ1n) is 6.22. The molecule has 0 spiro atoms. The van der Waals surface area contributed by atoms with Gasteiger partial charge in [0.2, 0.25) is 0 Å². The summed E-state index contributed by atoms with van der Waals surface area (Å²) in [7, 11) is 2.92. The highest BCUT2D eigenvalue weighted by atomic mass is 16.5. The van der Waals surface area contributed by atoms with Gasteiger partial charge < -0.3 is 14.2 Å². The van der Waals surface area contributed by atoms with Crippen molar-refractivity contribution in [3.8, 4) is 11.5 Å². The maximum absolute atomic E-state index is 12.0. The summed E-state index contributed by atoms with van der Waals surface area (Å²) in [4.78, 5) is 23.8. The van der Waals surface area contributed by atoms with E-state index in [0.29, 0.717) is 11.5 Å². The maximum atomic E-state index is 12.0. The molecule has 0 aliphatic heterocycles. The van der Waals surface area contributed by atoms with Crippen LogP contribution in [0.25, 0.3) is 0 Å². The summed E-state index contributed by atoms with van der Waals surface area (Å²) < 4.78 is 15.3. The van der Waals surface area contributed by atoms with Crippen molar-refractivity contribution in [3.05, 3.63) is 23.8 Å². The number of carbonyl (C=O) groups is 2. The molecule has 1 rings (SSSR count). The van der Waals surface area contributed by atoms with Gasteiger partial charge in [-0.1, -0.05) is 26.8 Å². The van der Waals surface area contributed by atoms with Crippen LogP contribution in [0.15, 0.2) is 18.2 Å². The molecule has 0 unspecified atom stereocenters. The predicted molar refractivity (Wildman–Crippen MR) is 74.3 cm³/mol. The van der Waals surface area contributed by atoms with Crippen molar-refractivity contribution in [2.24, 2.45) is 5.41 Å². The van der Waals surface area contributed by atoms with Gasteiger partial charge in [-0.3, -0.25) is 4.79 Å². The van der Waals surface area contributed by atoms with Gasteiger partial charge in [0.25, 0.3) is 0 Å². The van der Waals surface area contributed by atoms with Crippen LogP contribution in [0, 0.1) is 5.41 Å². The molecule has 0 saturated heterocycles. The van der Waals surface area contributed by atoms with Crippen molar-refractivity contribution in [3.63, 3.8) is 0 Å². The van der Waals surface area contributed by atoms with E-state index >= 15 is 0 Å². The highest BCUT2D eigenvalue weighted by Crippen LogP contribution is 2.31. The minimum absolute atomic E-state index is 0.146. The Bertz CT molecular complexity index is 499. The number of hydrogen-bond acceptors (Lipinski definition) is 5. The molecule has 0 radical (unpaired) electrons. The van der Waals surface area contributed by atoms with Gasteiger partial charge in [0, 0.05) is 5.41 Å². The highest BCUT2D eigenvalue weighted by molar-refractivity contribution is 5.95. The molecule has 5 heteroatoms. The number of hydrogen-bond donors (Lipinski definition) is 0. The molecule has 0 amide bonds. The van der Waals surface area contributed by atoms with Crippen molar-refractivity contribution in [1.82, 2.24) is 0 Å². The number of rotatable bonds is 5. The molecule has 0 saturated carbocycles. The summed E-state index contributed by atoms with van der Waals surface area (Å²) in [5, 5.41) is 0. The average Bonchev–Trinajstić information content (AvgIpc) is 2.42. The van der Waals surface area contributed by atoms with Gasteiger partial charge in [0.1, 0.15) is 5.56 Å². The molecule has 5 nitrogen and oxygen atoms in total. The minimum atomic E-state index is -0.613. The summed E-state index contributed by atoms with van der Waals surface area (Å²) in [5.74, 6) is -0.0293. The molecule has 1 aromatic rings. The van der Waals surface area contributed by atoms with Gasteiger partial charge in [0.05, 0.1) is 14.2 Å². The fraction of sp³-hybridized carbons (Fsp3) is 0.467. The topological polar surface area (TPSA) is 61.8 Å². The monoisotopic (exact) mass is 280 g/mol. The van der Waals surface area contributed by atoms with Crippen LogP contribution >= 0.6 is 0 Å². The van der Waals surface area contributed by atoms with Crippen LogP contribution in [0.3, 0.4) is 0 Å². The van der Waals surface area contributed by atoms with Crippen molar-refractivity contribution >= 4 is 11.8 Å². The second-order valence-electron chi connectivity index (χ2n) is 5.29. The second-order valence-corrected chi connectivity index (χ2v) is 5.29. The Morgan fingerprint density at radius 1 is 1.10 bits per heavy atom. The van der Waals surface area contributed by atoms with Gasteiger partial charge in [0.15, 0.2) is 23.9 Å². The first-order chi connectivity index (χ1) is 9.31. The minimum Gasteiger partial charge on any atom is -0.493 e. The number of esters is 1. The van der Waals surface area contributed by atoms with E-state index < -0.39 is 11.4 Å². The average molecular weight is 280 g/mol. The van der Waals surface area contributed by atoms with E-state index in [1.807, 2.05) is 0 Å². The Morgan fingerprint density at radius 3 is 2.25 bits per heavy atom. The van der Waals surface area contributed by atoms with E-state index in [-0.39, 0.29) is 18.0 Å². The molecular formula is C15H20O5. The van der Waals surface area contributed by atoms with E-state index in [1.165, 1.54) is 14.2 Å². The third kappa shape index (κ3) is 3.73. The zero-order valence-electron chi connectivity index (χ0n) is 12.5. The number of para-hydroxylation sites is 1. The summed E-state index contributed by atoms with van der Waals surface area (Å²) in [6.07, 6.45) is 0. The van der Waals surface area contributed by atoms with Crippen molar-refractivity contribution < 1.29 is 23.8 Å². The normalized spacial score (nSPS) is 10.8. The van der Waals surface area contributed by atoms with Crippen molar-refractivity contribution in [1.29, 1.82) is 0 Å². The van der Waals surface area contributed by atoms with Crippen molar-refractivity contribution in [2.75, 3.05) is 20.8 Å². The zero-order valence-corrected chi connectivity index (χ0v) is 12.5. The first kappa shape index (κ1) is 16.0. The molecule has 0 aliphatic carbocycles. The number of ketones is 1. The van der Waals surface area contributed by atoms with Gasteiger partial charge in [-0.2, -0.15) is 0 Å². The number of ether oxygens (including phenoxy) is 3. The Morgan fingerprint density at radius 2 is 1.75 bits per heavy atom. The lowest BCUT2D eigenvalue weighted by molar-refractivity contribution is -0.129. The summed E-state index contributed by atoms with van der Waals surface area (Å²) in [6, 6.07) is 4.89. The van der Waals surface area contributed by atoms with E-state index in [9.17, 15) is 9.59 Å². The SMILES string of the molecule is COc1cccc(C(=O)OCC(=O)C(C)(C)C)c1OC. The van der Waals surface area contributed by atoms with Crippen LogP contribution in [0.1, 0.15) is 31.1 Å². The summed E-state index contributed by atoms with van der Waals surface area (Å²) in [5.41, 5.74) is -0.313. The lowest BCUT2D eigenvalue weighted by Crippen LogP contribution is -2.26. The van der Waals surface area contributed by atoms with Crippen LogP contribution in [-0.2, 0) is 9.53 Å². The Balaban J connectivity index is 2.86. The lowest BCUT2D eigenvalue weighted by Gasteiger charge is -2.17. The molecule has 0 aromatic heterocycles. The Hall–Kier alpha value is -2.04. The molecule has 0 atom stereocenters. The third-order valence-corrected chi connectivity index (χ3v) is 2.79. The molecule has 20 heavy (non-hydrogen) atoms. The third-order valence-electron chi connectivity index (χ3n) is 2.79. The highest BCUT2D eigenvalue weighted by Gasteiger charge is 2.24. The number of Topliss-reactive ketones (excluding diaryl/α,β-unsaturated/α-hetero) is 1. The fourth-order valence-corrected chi connectivity index (χ4v) is 1.47. The number of methoxy groups -OCH3 is 2. The number of carbonyl (C=O) groups excluding carboxylic acids is 2. The summed E-state index contributed by atoms with van der Waals surface area (Å²) >= 11 is 0. The molecule has 1 aromatic carbocycles. The lowest BCUT2D eigenvalue weighted by atomic mass is 9.91. The van der Waals surface area contributed by atoms with Gasteiger partial charge in [-0.15, -0.1) is 0 Å². The number of benzene rings is 1. The molecule has 0 N–H and O–H groups in total. The van der Waals surface area contributed by atoms with E-state index in [4.69, 9.17) is 14.2 Å². The standard InChI is InChI=1S/C15H20O5/c1-15(2,3)12(16)9-20-14(17)10-7-6-8-11(18-4)13(10)19-5/h6-8H,9H2,1-5H3. The molecule has 0 bridgehead atoms. The van der Waals surface area contributed by atoms with Crippen LogP contribution in [0.4, 0.5) is 0 Å². The maximum Gasteiger partial charge on any atom is 0.342 e. The smallest absolute Gasteiger partial charge is 0.342 e. The van der Waals surface area contributed by atoms with E-state index in [1.54, 1.807) is 39.0 Å². The molecular weight excluding hydrogens is 260 g/mol. The molecule has 0 aliphatic rings. The Labute approximate surface area is 118 Å². The Kier molecular flexibility index (Phi) is 5.13.